The molecule has 1 unspecified atom stereocenters. The molecule has 0 aromatic heterocycles. The van der Waals surface area contributed by atoms with Gasteiger partial charge in [-0.1, -0.05) is 45.9 Å². The molecule has 1 aromatic rings. The summed E-state index contributed by atoms with van der Waals surface area (Å²) < 4.78 is 25.6. The second kappa shape index (κ2) is 8.44. The molecule has 0 saturated heterocycles. The van der Waals surface area contributed by atoms with Crippen molar-refractivity contribution in [3.8, 4) is 0 Å². The minimum atomic E-state index is -2.44. The molecule has 1 aromatic carbocycles. The molecule has 0 aliphatic carbocycles. The summed E-state index contributed by atoms with van der Waals surface area (Å²) in [5.41, 5.74) is 6.71. The van der Waals surface area contributed by atoms with Crippen molar-refractivity contribution < 1.29 is 8.78 Å². The topological polar surface area (TPSA) is 38.0 Å². The summed E-state index contributed by atoms with van der Waals surface area (Å²) in [4.78, 5) is 0. The van der Waals surface area contributed by atoms with Gasteiger partial charge >= 0.3 is 0 Å². The molecule has 1 atom stereocenters. The molecule has 120 valence electrons. The molecule has 2 nitrogen and oxygen atoms in total. The third-order valence-electron chi connectivity index (χ3n) is 4.11. The Kier molecular flexibility index (Phi) is 7.26. The molecule has 0 aliphatic heterocycles. The van der Waals surface area contributed by atoms with E-state index in [-0.39, 0.29) is 11.6 Å². The van der Waals surface area contributed by atoms with Gasteiger partial charge in [-0.25, -0.2) is 8.78 Å². The van der Waals surface area contributed by atoms with E-state index in [1.54, 1.807) is 12.1 Å². The van der Waals surface area contributed by atoms with Crippen molar-refractivity contribution in [2.45, 2.75) is 40.2 Å². The highest BCUT2D eigenvalue weighted by Gasteiger charge is 2.20. The molecule has 21 heavy (non-hydrogen) atoms. The van der Waals surface area contributed by atoms with Crippen LogP contribution in [-0.2, 0) is 0 Å². The van der Waals surface area contributed by atoms with Crippen LogP contribution in [-0.4, -0.2) is 13.1 Å². The van der Waals surface area contributed by atoms with Crippen LogP contribution in [0.3, 0.4) is 0 Å². The number of benzene rings is 1. The van der Waals surface area contributed by atoms with E-state index in [1.165, 1.54) is 6.07 Å². The summed E-state index contributed by atoms with van der Waals surface area (Å²) in [6.45, 7) is 10.1. The molecule has 4 heteroatoms. The van der Waals surface area contributed by atoms with E-state index >= 15 is 0 Å². The van der Waals surface area contributed by atoms with Gasteiger partial charge in [-0.05, 0) is 35.9 Å². The first kappa shape index (κ1) is 18.1. The SMILES string of the molecule is CC(C)C(CNC(CN)c1cccc(C(F)F)c1)C(C)C. The second-order valence-electron chi connectivity index (χ2n) is 6.32. The van der Waals surface area contributed by atoms with Gasteiger partial charge in [0.05, 0.1) is 0 Å². The number of alkyl halides is 2. The van der Waals surface area contributed by atoms with Gasteiger partial charge in [0.25, 0.3) is 6.43 Å². The van der Waals surface area contributed by atoms with Gasteiger partial charge < -0.3 is 11.1 Å². The van der Waals surface area contributed by atoms with Crippen LogP contribution in [0.15, 0.2) is 24.3 Å². The van der Waals surface area contributed by atoms with E-state index in [2.05, 4.69) is 33.0 Å². The summed E-state index contributed by atoms with van der Waals surface area (Å²) in [5.74, 6) is 1.68. The van der Waals surface area contributed by atoms with Crippen LogP contribution in [0.1, 0.15) is 51.3 Å². The lowest BCUT2D eigenvalue weighted by atomic mass is 9.85. The van der Waals surface area contributed by atoms with Gasteiger partial charge in [-0.2, -0.15) is 0 Å². The lowest BCUT2D eigenvalue weighted by molar-refractivity contribution is 0.151. The van der Waals surface area contributed by atoms with Crippen LogP contribution >= 0.6 is 0 Å². The Morgan fingerprint density at radius 2 is 1.62 bits per heavy atom. The van der Waals surface area contributed by atoms with Crippen LogP contribution in [0.5, 0.6) is 0 Å². The highest BCUT2D eigenvalue weighted by Crippen LogP contribution is 2.24. The van der Waals surface area contributed by atoms with E-state index in [1.807, 2.05) is 6.07 Å². The average molecular weight is 298 g/mol. The number of hydrogen-bond donors (Lipinski definition) is 2. The average Bonchev–Trinajstić information content (AvgIpc) is 2.42. The highest BCUT2D eigenvalue weighted by atomic mass is 19.3. The van der Waals surface area contributed by atoms with Crippen LogP contribution in [0.4, 0.5) is 8.78 Å². The molecule has 3 N–H and O–H groups in total. The van der Waals surface area contributed by atoms with Crippen LogP contribution in [0.2, 0.25) is 0 Å². The summed E-state index contributed by atoms with van der Waals surface area (Å²) >= 11 is 0. The molecule has 0 spiro atoms. The fraction of sp³-hybridized carbons (Fsp3) is 0.647. The van der Waals surface area contributed by atoms with E-state index in [9.17, 15) is 8.78 Å². The van der Waals surface area contributed by atoms with Crippen LogP contribution in [0.25, 0.3) is 0 Å². The molecule has 0 amide bonds. The quantitative estimate of drug-likeness (QED) is 0.757. The Balaban J connectivity index is 2.77. The first-order valence-corrected chi connectivity index (χ1v) is 7.68. The molecule has 0 radical (unpaired) electrons. The monoisotopic (exact) mass is 298 g/mol. The second-order valence-corrected chi connectivity index (χ2v) is 6.32. The van der Waals surface area contributed by atoms with Crippen molar-refractivity contribution in [2.24, 2.45) is 23.5 Å². The van der Waals surface area contributed by atoms with Gasteiger partial charge in [0.1, 0.15) is 0 Å². The third kappa shape index (κ3) is 5.36. The minimum Gasteiger partial charge on any atom is -0.329 e. The van der Waals surface area contributed by atoms with Crippen LogP contribution < -0.4 is 11.1 Å². The predicted molar refractivity (Wildman–Crippen MR) is 84.4 cm³/mol. The predicted octanol–water partition coefficient (Wildman–Crippen LogP) is 4.14. The summed E-state index contributed by atoms with van der Waals surface area (Å²) in [7, 11) is 0. The normalized spacial score (nSPS) is 13.7. The van der Waals surface area contributed by atoms with Crippen molar-refractivity contribution in [3.63, 3.8) is 0 Å². The van der Waals surface area contributed by atoms with Crippen LogP contribution in [0, 0.1) is 17.8 Å². The molecule has 0 saturated carbocycles. The summed E-state index contributed by atoms with van der Waals surface area (Å²) in [5, 5.41) is 3.44. The Labute approximate surface area is 127 Å². The zero-order valence-electron chi connectivity index (χ0n) is 13.4. The maximum atomic E-state index is 12.8. The lowest BCUT2D eigenvalue weighted by Gasteiger charge is -2.28. The summed E-state index contributed by atoms with van der Waals surface area (Å²) in [6, 6.07) is 6.45. The van der Waals surface area contributed by atoms with Gasteiger partial charge in [-0.15, -0.1) is 0 Å². The lowest BCUT2D eigenvalue weighted by Crippen LogP contribution is -2.35. The molecular weight excluding hydrogens is 270 g/mol. The van der Waals surface area contributed by atoms with Crippen molar-refractivity contribution in [2.75, 3.05) is 13.1 Å². The van der Waals surface area contributed by atoms with Gasteiger partial charge in [0.15, 0.2) is 0 Å². The Hall–Kier alpha value is -1.00. The van der Waals surface area contributed by atoms with Crippen molar-refractivity contribution in [3.05, 3.63) is 35.4 Å². The van der Waals surface area contributed by atoms with E-state index < -0.39 is 6.43 Å². The van der Waals surface area contributed by atoms with Crippen molar-refractivity contribution in [1.29, 1.82) is 0 Å². The van der Waals surface area contributed by atoms with Gasteiger partial charge in [-0.3, -0.25) is 0 Å². The zero-order valence-corrected chi connectivity index (χ0v) is 13.4. The smallest absolute Gasteiger partial charge is 0.263 e. The fourth-order valence-electron chi connectivity index (χ4n) is 2.77. The Morgan fingerprint density at radius 3 is 2.10 bits per heavy atom. The molecule has 0 fully saturated rings. The molecule has 0 bridgehead atoms. The zero-order chi connectivity index (χ0) is 16.0. The van der Waals surface area contributed by atoms with Crippen molar-refractivity contribution >= 4 is 0 Å². The number of nitrogens with two attached hydrogens (primary N) is 1. The standard InChI is InChI=1S/C17H28F2N2/c1-11(2)15(12(3)4)10-21-16(9-20)13-6-5-7-14(8-13)17(18)19/h5-8,11-12,15-17,21H,9-10,20H2,1-4H3. The molecule has 1 rings (SSSR count). The van der Waals surface area contributed by atoms with Gasteiger partial charge in [0.2, 0.25) is 0 Å². The van der Waals surface area contributed by atoms with E-state index in [4.69, 9.17) is 5.73 Å². The number of halogens is 2. The first-order chi connectivity index (χ1) is 9.86. The maximum absolute atomic E-state index is 12.8. The largest absolute Gasteiger partial charge is 0.329 e. The van der Waals surface area contributed by atoms with E-state index in [0.717, 1.165) is 12.1 Å². The first-order valence-electron chi connectivity index (χ1n) is 7.68. The highest BCUT2D eigenvalue weighted by molar-refractivity contribution is 5.27. The van der Waals surface area contributed by atoms with Crippen molar-refractivity contribution in [1.82, 2.24) is 5.32 Å². The molecular formula is C17H28F2N2. The summed E-state index contributed by atoms with van der Waals surface area (Å²) in [6.07, 6.45) is -2.44. The number of hydrogen-bond acceptors (Lipinski definition) is 2. The fourth-order valence-corrected chi connectivity index (χ4v) is 2.77. The number of nitrogens with one attached hydrogen (secondary N) is 1. The Morgan fingerprint density at radius 1 is 1.05 bits per heavy atom. The molecule has 0 heterocycles. The van der Waals surface area contributed by atoms with E-state index in [0.29, 0.717) is 24.3 Å². The van der Waals surface area contributed by atoms with Gasteiger partial charge in [0, 0.05) is 18.2 Å². The third-order valence-corrected chi connectivity index (χ3v) is 4.11. The maximum Gasteiger partial charge on any atom is 0.263 e. The molecule has 0 aliphatic rings. The number of rotatable bonds is 8. The minimum absolute atomic E-state index is 0.0528. The Bertz CT molecular complexity index is 411.